The summed E-state index contributed by atoms with van der Waals surface area (Å²) in [6, 6.07) is 0. The highest BCUT2D eigenvalue weighted by atomic mass is 16.5. The van der Waals surface area contributed by atoms with Crippen LogP contribution in [0.4, 0.5) is 0 Å². The molecule has 0 aromatic carbocycles. The Balaban J connectivity index is 3.42. The third-order valence-electron chi connectivity index (χ3n) is 7.48. The fourth-order valence-electron chi connectivity index (χ4n) is 4.99. The molecule has 5 heteroatoms. The van der Waals surface area contributed by atoms with Crippen molar-refractivity contribution in [2.45, 2.75) is 161 Å². The Morgan fingerprint density at radius 1 is 0.676 bits per heavy atom. The average Bonchev–Trinajstić information content (AvgIpc) is 2.81. The molecule has 37 heavy (non-hydrogen) atoms. The molecule has 0 aromatic rings. The number of rotatable bonds is 27. The van der Waals surface area contributed by atoms with Crippen molar-refractivity contribution in [2.75, 3.05) is 27.7 Å². The molecular formula is C32H64NO4+. The van der Waals surface area contributed by atoms with Gasteiger partial charge in [-0.15, -0.1) is 0 Å². The van der Waals surface area contributed by atoms with Crippen molar-refractivity contribution in [3.63, 3.8) is 0 Å². The number of quaternary nitrogens is 1. The predicted octanol–water partition coefficient (Wildman–Crippen LogP) is 8.93. The van der Waals surface area contributed by atoms with Gasteiger partial charge in [0, 0.05) is 6.42 Å². The maximum Gasteiger partial charge on any atom is 0.307 e. The number of likely N-dealkylation sites (N-methyl/N-ethyl adjacent to an activating group) is 1. The Kier molecular flexibility index (Phi) is 23.3. The highest BCUT2D eigenvalue weighted by Crippen LogP contribution is 2.17. The van der Waals surface area contributed by atoms with E-state index >= 15 is 0 Å². The molecule has 0 heterocycles. The number of esters is 1. The molecule has 0 aliphatic carbocycles. The molecule has 0 aliphatic heterocycles. The van der Waals surface area contributed by atoms with E-state index in [1.54, 1.807) is 0 Å². The second-order valence-electron chi connectivity index (χ2n) is 12.6. The fraction of sp³-hybridized carbons (Fsp3) is 0.938. The molecule has 0 spiro atoms. The molecule has 0 bridgehead atoms. The number of carbonyl (C=O) groups excluding carboxylic acids is 1. The minimum atomic E-state index is -0.921. The minimum Gasteiger partial charge on any atom is -0.481 e. The highest BCUT2D eigenvalue weighted by molar-refractivity contribution is 5.71. The third-order valence-corrected chi connectivity index (χ3v) is 7.48. The summed E-state index contributed by atoms with van der Waals surface area (Å²) in [6.45, 7) is 5.19. The van der Waals surface area contributed by atoms with Crippen LogP contribution in [0, 0.1) is 5.92 Å². The van der Waals surface area contributed by atoms with Crippen LogP contribution in [-0.4, -0.2) is 55.3 Å². The molecule has 0 saturated heterocycles. The van der Waals surface area contributed by atoms with E-state index in [0.29, 0.717) is 17.4 Å². The maximum absolute atomic E-state index is 12.1. The number of ether oxygens (including phenoxy) is 1. The third kappa shape index (κ3) is 27.7. The molecule has 1 N–H and O–H groups in total. The van der Waals surface area contributed by atoms with E-state index < -0.39 is 12.1 Å². The molecule has 0 fully saturated rings. The van der Waals surface area contributed by atoms with Gasteiger partial charge in [0.05, 0.1) is 27.6 Å². The van der Waals surface area contributed by atoms with Gasteiger partial charge in [-0.05, 0) is 12.3 Å². The summed E-state index contributed by atoms with van der Waals surface area (Å²) >= 11 is 0. The Morgan fingerprint density at radius 3 is 1.41 bits per heavy atom. The normalized spacial score (nSPS) is 13.4. The van der Waals surface area contributed by atoms with Gasteiger partial charge < -0.3 is 14.3 Å². The molecule has 2 atom stereocenters. The number of unbranched alkanes of at least 4 members (excludes halogenated alkanes) is 17. The number of carboxylic acid groups (broad SMARTS) is 1. The zero-order valence-electron chi connectivity index (χ0n) is 25.5. The number of hydrogen-bond donors (Lipinski definition) is 1. The summed E-state index contributed by atoms with van der Waals surface area (Å²) in [5.41, 5.74) is 0. The first-order valence-electron chi connectivity index (χ1n) is 15.9. The summed E-state index contributed by atoms with van der Waals surface area (Å²) in [4.78, 5) is 23.1. The molecule has 0 saturated carbocycles. The van der Waals surface area contributed by atoms with E-state index in [2.05, 4.69) is 13.8 Å². The van der Waals surface area contributed by atoms with Crippen LogP contribution in [0.1, 0.15) is 155 Å². The first-order chi connectivity index (χ1) is 17.6. The number of carbonyl (C=O) groups is 2. The lowest BCUT2D eigenvalue weighted by Crippen LogP contribution is -2.43. The standard InChI is InChI=1S/C32H63NO4/c1-6-29(2)25-23-21-19-17-15-13-11-9-7-8-10-12-14-16-18-20-22-24-26-32(36)37-30(27-31(34)35)28-33(3,4)5/h29-30H,6-28H2,1-5H3/p+1. The quantitative estimate of drug-likeness (QED) is 0.0659. The Morgan fingerprint density at radius 2 is 1.05 bits per heavy atom. The summed E-state index contributed by atoms with van der Waals surface area (Å²) < 4.78 is 6.02. The molecule has 0 amide bonds. The summed E-state index contributed by atoms with van der Waals surface area (Å²) in [7, 11) is 5.92. The number of aliphatic carboxylic acids is 1. The fourth-order valence-corrected chi connectivity index (χ4v) is 4.99. The zero-order valence-corrected chi connectivity index (χ0v) is 25.5. The first-order valence-corrected chi connectivity index (χ1v) is 15.9. The molecular weight excluding hydrogens is 462 g/mol. The molecule has 0 radical (unpaired) electrons. The van der Waals surface area contributed by atoms with Crippen molar-refractivity contribution in [1.29, 1.82) is 0 Å². The Labute approximate surface area is 230 Å². The molecule has 2 unspecified atom stereocenters. The van der Waals surface area contributed by atoms with E-state index in [1.807, 2.05) is 21.1 Å². The maximum atomic E-state index is 12.1. The van der Waals surface area contributed by atoms with E-state index in [9.17, 15) is 9.59 Å². The van der Waals surface area contributed by atoms with Gasteiger partial charge >= 0.3 is 11.9 Å². The predicted molar refractivity (Wildman–Crippen MR) is 157 cm³/mol. The molecule has 220 valence electrons. The minimum absolute atomic E-state index is 0.125. The van der Waals surface area contributed by atoms with E-state index in [1.165, 1.54) is 116 Å². The molecule has 0 aromatic heterocycles. The van der Waals surface area contributed by atoms with Gasteiger partial charge in [0.25, 0.3) is 0 Å². The first kappa shape index (κ1) is 35.9. The van der Waals surface area contributed by atoms with Crippen molar-refractivity contribution < 1.29 is 23.9 Å². The SMILES string of the molecule is CCC(C)CCCCCCCCCCCCCCCCCCCCC(=O)OC(CC(=O)O)C[N+](C)(C)C. The number of hydrogen-bond acceptors (Lipinski definition) is 3. The lowest BCUT2D eigenvalue weighted by Gasteiger charge is -2.28. The highest BCUT2D eigenvalue weighted by Gasteiger charge is 2.24. The van der Waals surface area contributed by atoms with Crippen LogP contribution in [0.2, 0.25) is 0 Å². The van der Waals surface area contributed by atoms with Crippen LogP contribution in [-0.2, 0) is 14.3 Å². The number of nitrogens with zero attached hydrogens (tertiary/aromatic N) is 1. The van der Waals surface area contributed by atoms with Gasteiger partial charge in [-0.3, -0.25) is 9.59 Å². The van der Waals surface area contributed by atoms with Crippen LogP contribution < -0.4 is 0 Å². The van der Waals surface area contributed by atoms with Gasteiger partial charge in [-0.2, -0.15) is 0 Å². The van der Waals surface area contributed by atoms with Crippen molar-refractivity contribution in [3.05, 3.63) is 0 Å². The van der Waals surface area contributed by atoms with Crippen molar-refractivity contribution in [3.8, 4) is 0 Å². The second-order valence-corrected chi connectivity index (χ2v) is 12.6. The topological polar surface area (TPSA) is 63.6 Å². The lowest BCUT2D eigenvalue weighted by molar-refractivity contribution is -0.873. The van der Waals surface area contributed by atoms with Gasteiger partial charge in [0.2, 0.25) is 0 Å². The average molecular weight is 527 g/mol. The van der Waals surface area contributed by atoms with Gasteiger partial charge in [0.1, 0.15) is 6.54 Å². The van der Waals surface area contributed by atoms with Crippen LogP contribution in [0.3, 0.4) is 0 Å². The van der Waals surface area contributed by atoms with Gasteiger partial charge in [-0.25, -0.2) is 0 Å². The molecule has 0 rings (SSSR count). The van der Waals surface area contributed by atoms with E-state index in [-0.39, 0.29) is 12.4 Å². The van der Waals surface area contributed by atoms with Gasteiger partial charge in [-0.1, -0.05) is 136 Å². The lowest BCUT2D eigenvalue weighted by atomic mass is 9.99. The van der Waals surface area contributed by atoms with Gasteiger partial charge in [0.15, 0.2) is 6.10 Å². The van der Waals surface area contributed by atoms with Crippen LogP contribution in [0.15, 0.2) is 0 Å². The summed E-state index contributed by atoms with van der Waals surface area (Å²) in [5, 5.41) is 9.06. The zero-order chi connectivity index (χ0) is 27.8. The van der Waals surface area contributed by atoms with Crippen LogP contribution in [0.5, 0.6) is 0 Å². The Bertz CT molecular complexity index is 543. The molecule has 0 aliphatic rings. The smallest absolute Gasteiger partial charge is 0.307 e. The van der Waals surface area contributed by atoms with Crippen molar-refractivity contribution in [2.24, 2.45) is 5.92 Å². The monoisotopic (exact) mass is 526 g/mol. The Hall–Kier alpha value is -1.10. The summed E-state index contributed by atoms with van der Waals surface area (Å²) in [5.74, 6) is -0.261. The van der Waals surface area contributed by atoms with Crippen LogP contribution in [0.25, 0.3) is 0 Å². The summed E-state index contributed by atoms with van der Waals surface area (Å²) in [6.07, 6.45) is 26.4. The van der Waals surface area contributed by atoms with E-state index in [0.717, 1.165) is 18.8 Å². The number of carboxylic acids is 1. The second kappa shape index (κ2) is 24.0. The van der Waals surface area contributed by atoms with Crippen molar-refractivity contribution >= 4 is 11.9 Å². The largest absolute Gasteiger partial charge is 0.481 e. The van der Waals surface area contributed by atoms with Crippen molar-refractivity contribution in [1.82, 2.24) is 0 Å². The van der Waals surface area contributed by atoms with E-state index in [4.69, 9.17) is 9.84 Å². The molecule has 5 nitrogen and oxygen atoms in total. The van der Waals surface area contributed by atoms with Crippen LogP contribution >= 0.6 is 0 Å².